The summed E-state index contributed by atoms with van der Waals surface area (Å²) in [6, 6.07) is 1.42. The fourth-order valence-electron chi connectivity index (χ4n) is 3.25. The van der Waals surface area contributed by atoms with Crippen molar-refractivity contribution in [2.24, 2.45) is 5.92 Å². The summed E-state index contributed by atoms with van der Waals surface area (Å²) in [5.74, 6) is 0.892. The lowest BCUT2D eigenvalue weighted by Gasteiger charge is -2.36. The van der Waals surface area contributed by atoms with Crippen molar-refractivity contribution in [3.8, 4) is 0 Å². The van der Waals surface area contributed by atoms with E-state index in [1.54, 1.807) is 0 Å². The lowest BCUT2D eigenvalue weighted by atomic mass is 9.89. The molecular formula is C15H28N2. The van der Waals surface area contributed by atoms with Crippen molar-refractivity contribution in [2.45, 2.75) is 58.0 Å². The SMILES string of the molecule is CCCN1CCC(C(C)NC2CC=CC2)CC1. The normalized spacial score (nSPS) is 25.5. The van der Waals surface area contributed by atoms with Crippen LogP contribution in [0.2, 0.25) is 0 Å². The van der Waals surface area contributed by atoms with Gasteiger partial charge in [-0.3, -0.25) is 0 Å². The number of hydrogen-bond acceptors (Lipinski definition) is 2. The summed E-state index contributed by atoms with van der Waals surface area (Å²) < 4.78 is 0. The van der Waals surface area contributed by atoms with E-state index in [1.807, 2.05) is 0 Å². The Morgan fingerprint density at radius 1 is 1.24 bits per heavy atom. The molecule has 0 aromatic carbocycles. The molecule has 0 aromatic rings. The molecule has 2 rings (SSSR count). The van der Waals surface area contributed by atoms with E-state index in [9.17, 15) is 0 Å². The molecule has 1 fully saturated rings. The third-order valence-electron chi connectivity index (χ3n) is 4.39. The maximum absolute atomic E-state index is 3.81. The highest BCUT2D eigenvalue weighted by molar-refractivity contribution is 4.98. The molecule has 1 N–H and O–H groups in total. The van der Waals surface area contributed by atoms with Crippen LogP contribution in [0.5, 0.6) is 0 Å². The summed E-state index contributed by atoms with van der Waals surface area (Å²) in [6.45, 7) is 8.59. The summed E-state index contributed by atoms with van der Waals surface area (Å²) in [5, 5.41) is 3.81. The van der Waals surface area contributed by atoms with Crippen LogP contribution in [0.3, 0.4) is 0 Å². The molecule has 1 heterocycles. The zero-order chi connectivity index (χ0) is 12.1. The van der Waals surface area contributed by atoms with Gasteiger partial charge in [0.1, 0.15) is 0 Å². The summed E-state index contributed by atoms with van der Waals surface area (Å²) in [4.78, 5) is 2.63. The molecule has 0 bridgehead atoms. The minimum absolute atomic E-state index is 0.698. The fraction of sp³-hybridized carbons (Fsp3) is 0.867. The molecule has 1 aliphatic heterocycles. The smallest absolute Gasteiger partial charge is 0.0139 e. The van der Waals surface area contributed by atoms with Gasteiger partial charge in [-0.2, -0.15) is 0 Å². The largest absolute Gasteiger partial charge is 0.311 e. The van der Waals surface area contributed by atoms with Crippen molar-refractivity contribution >= 4 is 0 Å². The van der Waals surface area contributed by atoms with E-state index in [1.165, 1.54) is 51.7 Å². The zero-order valence-electron chi connectivity index (χ0n) is 11.5. The van der Waals surface area contributed by atoms with Crippen LogP contribution in [0.1, 0.15) is 46.0 Å². The first-order valence-electron chi connectivity index (χ1n) is 7.43. The molecule has 17 heavy (non-hydrogen) atoms. The molecule has 2 aliphatic rings. The lowest BCUT2D eigenvalue weighted by Crippen LogP contribution is -2.45. The third kappa shape index (κ3) is 3.82. The average molecular weight is 236 g/mol. The minimum atomic E-state index is 0.698. The average Bonchev–Trinajstić information content (AvgIpc) is 2.83. The Labute approximate surface area is 106 Å². The van der Waals surface area contributed by atoms with Crippen molar-refractivity contribution < 1.29 is 0 Å². The Balaban J connectivity index is 1.68. The van der Waals surface area contributed by atoms with Crippen LogP contribution in [0, 0.1) is 5.92 Å². The minimum Gasteiger partial charge on any atom is -0.311 e. The number of likely N-dealkylation sites (tertiary alicyclic amines) is 1. The molecule has 2 heteroatoms. The second kappa shape index (κ2) is 6.55. The number of nitrogens with zero attached hydrogens (tertiary/aromatic N) is 1. The van der Waals surface area contributed by atoms with Crippen molar-refractivity contribution in [1.82, 2.24) is 10.2 Å². The van der Waals surface area contributed by atoms with E-state index in [-0.39, 0.29) is 0 Å². The highest BCUT2D eigenvalue weighted by Gasteiger charge is 2.25. The Morgan fingerprint density at radius 2 is 1.88 bits per heavy atom. The van der Waals surface area contributed by atoms with E-state index in [0.717, 1.165) is 12.0 Å². The first kappa shape index (κ1) is 13.1. The van der Waals surface area contributed by atoms with Gasteiger partial charge in [0.15, 0.2) is 0 Å². The van der Waals surface area contributed by atoms with Crippen molar-refractivity contribution in [2.75, 3.05) is 19.6 Å². The van der Waals surface area contributed by atoms with Crippen LogP contribution >= 0.6 is 0 Å². The summed E-state index contributed by atoms with van der Waals surface area (Å²) >= 11 is 0. The predicted octanol–water partition coefficient (Wildman–Crippen LogP) is 2.81. The van der Waals surface area contributed by atoms with Gasteiger partial charge in [-0.05, 0) is 64.6 Å². The number of piperidine rings is 1. The Kier molecular flexibility index (Phi) is 5.05. The molecule has 1 atom stereocenters. The molecule has 0 saturated carbocycles. The van der Waals surface area contributed by atoms with Gasteiger partial charge in [-0.1, -0.05) is 19.1 Å². The Morgan fingerprint density at radius 3 is 2.47 bits per heavy atom. The van der Waals surface area contributed by atoms with E-state index in [2.05, 4.69) is 36.2 Å². The van der Waals surface area contributed by atoms with Gasteiger partial charge < -0.3 is 10.2 Å². The molecular weight excluding hydrogens is 208 g/mol. The molecule has 0 spiro atoms. The Hall–Kier alpha value is -0.340. The standard InChI is InChI=1S/C15H28N2/c1-3-10-17-11-8-14(9-12-17)13(2)16-15-6-4-5-7-15/h4-5,13-16H,3,6-12H2,1-2H3. The number of hydrogen-bond donors (Lipinski definition) is 1. The molecule has 98 valence electrons. The van der Waals surface area contributed by atoms with Crippen LogP contribution < -0.4 is 5.32 Å². The molecule has 1 unspecified atom stereocenters. The van der Waals surface area contributed by atoms with E-state index in [0.29, 0.717) is 6.04 Å². The Bertz CT molecular complexity index is 233. The highest BCUT2D eigenvalue weighted by Crippen LogP contribution is 2.22. The second-order valence-electron chi connectivity index (χ2n) is 5.77. The van der Waals surface area contributed by atoms with Crippen molar-refractivity contribution in [3.05, 3.63) is 12.2 Å². The molecule has 2 nitrogen and oxygen atoms in total. The number of nitrogens with one attached hydrogen (secondary N) is 1. The van der Waals surface area contributed by atoms with Gasteiger partial charge in [0.2, 0.25) is 0 Å². The summed E-state index contributed by atoms with van der Waals surface area (Å²) in [7, 11) is 0. The van der Waals surface area contributed by atoms with Gasteiger partial charge in [0, 0.05) is 12.1 Å². The maximum atomic E-state index is 3.81. The van der Waals surface area contributed by atoms with Gasteiger partial charge >= 0.3 is 0 Å². The van der Waals surface area contributed by atoms with Crippen molar-refractivity contribution in [3.63, 3.8) is 0 Å². The van der Waals surface area contributed by atoms with E-state index in [4.69, 9.17) is 0 Å². The third-order valence-corrected chi connectivity index (χ3v) is 4.39. The maximum Gasteiger partial charge on any atom is 0.0139 e. The predicted molar refractivity (Wildman–Crippen MR) is 74.2 cm³/mol. The van der Waals surface area contributed by atoms with E-state index >= 15 is 0 Å². The fourth-order valence-corrected chi connectivity index (χ4v) is 3.25. The first-order valence-corrected chi connectivity index (χ1v) is 7.43. The molecule has 0 aromatic heterocycles. The monoisotopic (exact) mass is 236 g/mol. The topological polar surface area (TPSA) is 15.3 Å². The highest BCUT2D eigenvalue weighted by atomic mass is 15.1. The van der Waals surface area contributed by atoms with Gasteiger partial charge in [0.25, 0.3) is 0 Å². The molecule has 1 aliphatic carbocycles. The molecule has 1 saturated heterocycles. The van der Waals surface area contributed by atoms with Crippen molar-refractivity contribution in [1.29, 1.82) is 0 Å². The molecule has 0 amide bonds. The number of rotatable bonds is 5. The van der Waals surface area contributed by atoms with Crippen LogP contribution in [-0.2, 0) is 0 Å². The van der Waals surface area contributed by atoms with E-state index < -0.39 is 0 Å². The second-order valence-corrected chi connectivity index (χ2v) is 5.77. The van der Waals surface area contributed by atoms with Crippen LogP contribution in [0.4, 0.5) is 0 Å². The van der Waals surface area contributed by atoms with Gasteiger partial charge in [-0.15, -0.1) is 0 Å². The molecule has 0 radical (unpaired) electrons. The van der Waals surface area contributed by atoms with Gasteiger partial charge in [0.05, 0.1) is 0 Å². The summed E-state index contributed by atoms with van der Waals surface area (Å²) in [6.07, 6.45) is 11.2. The lowest BCUT2D eigenvalue weighted by molar-refractivity contribution is 0.159. The first-order chi connectivity index (χ1) is 8.29. The zero-order valence-corrected chi connectivity index (χ0v) is 11.5. The summed E-state index contributed by atoms with van der Waals surface area (Å²) in [5.41, 5.74) is 0. The van der Waals surface area contributed by atoms with Crippen LogP contribution in [0.25, 0.3) is 0 Å². The quantitative estimate of drug-likeness (QED) is 0.738. The van der Waals surface area contributed by atoms with Crippen LogP contribution in [0.15, 0.2) is 12.2 Å². The van der Waals surface area contributed by atoms with Crippen LogP contribution in [-0.4, -0.2) is 36.6 Å². The van der Waals surface area contributed by atoms with Gasteiger partial charge in [-0.25, -0.2) is 0 Å².